The first-order valence-electron chi connectivity index (χ1n) is 6.99. The number of piperidine rings is 1. The summed E-state index contributed by atoms with van der Waals surface area (Å²) in [5, 5.41) is 0. The summed E-state index contributed by atoms with van der Waals surface area (Å²) in [7, 11) is 0. The third-order valence-electron chi connectivity index (χ3n) is 3.97. The fraction of sp³-hybridized carbons (Fsp3) is 0.438. The number of ether oxygens (including phenoxy) is 1. The molecule has 0 spiro atoms. The molecule has 3 nitrogen and oxygen atoms in total. The van der Waals surface area contributed by atoms with Gasteiger partial charge in [0.2, 0.25) is 0 Å². The van der Waals surface area contributed by atoms with Crippen LogP contribution in [0.2, 0.25) is 0 Å². The Morgan fingerprint density at radius 1 is 1.32 bits per heavy atom. The summed E-state index contributed by atoms with van der Waals surface area (Å²) >= 11 is 0. The molecule has 3 rings (SSSR count). The van der Waals surface area contributed by atoms with Crippen molar-refractivity contribution in [3.8, 4) is 5.75 Å². The van der Waals surface area contributed by atoms with E-state index in [2.05, 4.69) is 6.92 Å². The predicted molar refractivity (Wildman–Crippen MR) is 74.9 cm³/mol. The highest BCUT2D eigenvalue weighted by molar-refractivity contribution is 5.99. The Kier molecular flexibility index (Phi) is 3.28. The third kappa shape index (κ3) is 2.37. The lowest BCUT2D eigenvalue weighted by Crippen LogP contribution is -2.43. The molecule has 1 saturated heterocycles. The lowest BCUT2D eigenvalue weighted by atomic mass is 10.0. The standard InChI is InChI=1S/C16H19NO2/c1-12-6-4-5-9-17(12)16(18)14-10-13-7-2-3-8-15(13)19-11-14/h2-3,7-8,10,12H,4-6,9,11H2,1H3/t12-/m0/s1. The first-order chi connectivity index (χ1) is 9.25. The molecule has 1 aromatic carbocycles. The molecule has 1 aromatic rings. The van der Waals surface area contributed by atoms with Crippen LogP contribution in [-0.2, 0) is 4.79 Å². The molecule has 0 aromatic heterocycles. The molecule has 0 unspecified atom stereocenters. The van der Waals surface area contributed by atoms with Crippen LogP contribution in [0.4, 0.5) is 0 Å². The molecule has 3 heteroatoms. The van der Waals surface area contributed by atoms with E-state index in [1.54, 1.807) is 0 Å². The number of carbonyl (C=O) groups excluding carboxylic acids is 1. The molecular formula is C16H19NO2. The van der Waals surface area contributed by atoms with Gasteiger partial charge in [0, 0.05) is 18.2 Å². The number of benzene rings is 1. The van der Waals surface area contributed by atoms with E-state index in [0.29, 0.717) is 12.6 Å². The topological polar surface area (TPSA) is 29.5 Å². The van der Waals surface area contributed by atoms with Gasteiger partial charge < -0.3 is 9.64 Å². The highest BCUT2D eigenvalue weighted by Gasteiger charge is 2.27. The van der Waals surface area contributed by atoms with Crippen molar-refractivity contribution in [2.45, 2.75) is 32.2 Å². The number of rotatable bonds is 1. The van der Waals surface area contributed by atoms with Gasteiger partial charge in [-0.1, -0.05) is 18.2 Å². The molecule has 19 heavy (non-hydrogen) atoms. The van der Waals surface area contributed by atoms with Crippen LogP contribution in [-0.4, -0.2) is 30.0 Å². The second kappa shape index (κ2) is 5.08. The van der Waals surface area contributed by atoms with Crippen LogP contribution in [0.1, 0.15) is 31.7 Å². The second-order valence-corrected chi connectivity index (χ2v) is 5.34. The number of carbonyl (C=O) groups is 1. The number of fused-ring (bicyclic) bond motifs is 1. The van der Waals surface area contributed by atoms with Crippen molar-refractivity contribution in [1.29, 1.82) is 0 Å². The maximum atomic E-state index is 12.6. The van der Waals surface area contributed by atoms with Crippen molar-refractivity contribution in [3.63, 3.8) is 0 Å². The zero-order chi connectivity index (χ0) is 13.2. The van der Waals surface area contributed by atoms with Gasteiger partial charge in [-0.2, -0.15) is 0 Å². The molecule has 1 fully saturated rings. The van der Waals surface area contributed by atoms with Crippen LogP contribution >= 0.6 is 0 Å². The van der Waals surface area contributed by atoms with E-state index >= 15 is 0 Å². The lowest BCUT2D eigenvalue weighted by Gasteiger charge is -2.34. The number of para-hydroxylation sites is 1. The van der Waals surface area contributed by atoms with Gasteiger partial charge in [0.1, 0.15) is 12.4 Å². The smallest absolute Gasteiger partial charge is 0.253 e. The highest BCUT2D eigenvalue weighted by Crippen LogP contribution is 2.27. The molecule has 0 aliphatic carbocycles. The van der Waals surface area contributed by atoms with Crippen LogP contribution < -0.4 is 4.74 Å². The fourth-order valence-electron chi connectivity index (χ4n) is 2.82. The zero-order valence-electron chi connectivity index (χ0n) is 11.3. The number of hydrogen-bond acceptors (Lipinski definition) is 2. The van der Waals surface area contributed by atoms with Crippen LogP contribution in [0, 0.1) is 0 Å². The molecule has 1 amide bonds. The number of hydrogen-bond donors (Lipinski definition) is 0. The van der Waals surface area contributed by atoms with Crippen molar-refractivity contribution in [3.05, 3.63) is 35.4 Å². The van der Waals surface area contributed by atoms with Gasteiger partial charge in [-0.3, -0.25) is 4.79 Å². The Bertz CT molecular complexity index is 521. The average Bonchev–Trinajstić information content (AvgIpc) is 2.46. The predicted octanol–water partition coefficient (Wildman–Crippen LogP) is 2.86. The number of nitrogens with zero attached hydrogens (tertiary/aromatic N) is 1. The minimum Gasteiger partial charge on any atom is -0.488 e. The molecule has 0 saturated carbocycles. The van der Waals surface area contributed by atoms with Crippen molar-refractivity contribution < 1.29 is 9.53 Å². The highest BCUT2D eigenvalue weighted by atomic mass is 16.5. The fourth-order valence-corrected chi connectivity index (χ4v) is 2.82. The van der Waals surface area contributed by atoms with Crippen LogP contribution in [0.3, 0.4) is 0 Å². The Balaban J connectivity index is 1.83. The summed E-state index contributed by atoms with van der Waals surface area (Å²) in [6, 6.07) is 8.19. The summed E-state index contributed by atoms with van der Waals surface area (Å²) in [4.78, 5) is 14.5. The second-order valence-electron chi connectivity index (χ2n) is 5.34. The Labute approximate surface area is 113 Å². The van der Waals surface area contributed by atoms with Crippen LogP contribution in [0.25, 0.3) is 6.08 Å². The quantitative estimate of drug-likeness (QED) is 0.774. The van der Waals surface area contributed by atoms with Crippen LogP contribution in [0.15, 0.2) is 29.8 Å². The minimum absolute atomic E-state index is 0.140. The van der Waals surface area contributed by atoms with Crippen LogP contribution in [0.5, 0.6) is 5.75 Å². The molecule has 2 heterocycles. The summed E-state index contributed by atoms with van der Waals surface area (Å²) in [6.07, 6.45) is 5.42. The number of amides is 1. The van der Waals surface area contributed by atoms with Gasteiger partial charge in [0.05, 0.1) is 5.57 Å². The maximum absolute atomic E-state index is 12.6. The number of likely N-dealkylation sites (tertiary alicyclic amines) is 1. The average molecular weight is 257 g/mol. The van der Waals surface area contributed by atoms with Crippen molar-refractivity contribution >= 4 is 12.0 Å². The van der Waals surface area contributed by atoms with E-state index in [4.69, 9.17) is 4.74 Å². The minimum atomic E-state index is 0.140. The molecule has 100 valence electrons. The monoisotopic (exact) mass is 257 g/mol. The summed E-state index contributed by atoms with van der Waals surface area (Å²) in [6.45, 7) is 3.40. The molecule has 2 aliphatic rings. The SMILES string of the molecule is C[C@H]1CCCCN1C(=O)C1=Cc2ccccc2OC1. The Morgan fingerprint density at radius 3 is 3.00 bits per heavy atom. The lowest BCUT2D eigenvalue weighted by molar-refractivity contribution is -0.130. The van der Waals surface area contributed by atoms with Crippen molar-refractivity contribution in [2.75, 3.05) is 13.2 Å². The molecule has 0 radical (unpaired) electrons. The Hall–Kier alpha value is -1.77. The normalized spacial score (nSPS) is 22.3. The first kappa shape index (κ1) is 12.3. The zero-order valence-corrected chi connectivity index (χ0v) is 11.3. The first-order valence-corrected chi connectivity index (χ1v) is 6.99. The van der Waals surface area contributed by atoms with Gasteiger partial charge >= 0.3 is 0 Å². The van der Waals surface area contributed by atoms with E-state index in [-0.39, 0.29) is 5.91 Å². The summed E-state index contributed by atoms with van der Waals surface area (Å²) in [5.41, 5.74) is 1.77. The van der Waals surface area contributed by atoms with E-state index in [9.17, 15) is 4.79 Å². The molecular weight excluding hydrogens is 238 g/mol. The van der Waals surface area contributed by atoms with Crippen molar-refractivity contribution in [2.24, 2.45) is 0 Å². The Morgan fingerprint density at radius 2 is 2.16 bits per heavy atom. The molecule has 0 N–H and O–H groups in total. The summed E-state index contributed by atoms with van der Waals surface area (Å²) < 4.78 is 5.67. The van der Waals surface area contributed by atoms with Gasteiger partial charge in [0.25, 0.3) is 5.91 Å². The summed E-state index contributed by atoms with van der Waals surface area (Å²) in [5.74, 6) is 1.01. The van der Waals surface area contributed by atoms with E-state index < -0.39 is 0 Å². The van der Waals surface area contributed by atoms with E-state index in [0.717, 1.165) is 36.3 Å². The molecule has 1 atom stereocenters. The van der Waals surface area contributed by atoms with Gasteiger partial charge in [0.15, 0.2) is 0 Å². The molecule has 2 aliphatic heterocycles. The largest absolute Gasteiger partial charge is 0.488 e. The van der Waals surface area contributed by atoms with E-state index in [1.807, 2.05) is 35.2 Å². The van der Waals surface area contributed by atoms with Crippen molar-refractivity contribution in [1.82, 2.24) is 4.90 Å². The van der Waals surface area contributed by atoms with Gasteiger partial charge in [-0.05, 0) is 38.3 Å². The van der Waals surface area contributed by atoms with Gasteiger partial charge in [-0.15, -0.1) is 0 Å². The molecule has 0 bridgehead atoms. The maximum Gasteiger partial charge on any atom is 0.253 e. The van der Waals surface area contributed by atoms with E-state index in [1.165, 1.54) is 6.42 Å². The third-order valence-corrected chi connectivity index (χ3v) is 3.97. The van der Waals surface area contributed by atoms with Gasteiger partial charge in [-0.25, -0.2) is 0 Å².